The first-order chi connectivity index (χ1) is 10.7. The van der Waals surface area contributed by atoms with Crippen LogP contribution in [0.1, 0.15) is 18.4 Å². The second kappa shape index (κ2) is 5.94. The molecule has 112 valence electrons. The maximum absolute atomic E-state index is 11.5. The Morgan fingerprint density at radius 1 is 1.23 bits per heavy atom. The van der Waals surface area contributed by atoms with E-state index in [4.69, 9.17) is 5.73 Å². The summed E-state index contributed by atoms with van der Waals surface area (Å²) in [6.45, 7) is 1.42. The number of nitriles is 1. The van der Waals surface area contributed by atoms with E-state index in [1.807, 2.05) is 47.3 Å². The summed E-state index contributed by atoms with van der Waals surface area (Å²) in [5, 5.41) is 9.62. The van der Waals surface area contributed by atoms with Crippen LogP contribution in [-0.4, -0.2) is 23.6 Å². The van der Waals surface area contributed by atoms with Gasteiger partial charge in [0.05, 0.1) is 22.9 Å². The van der Waals surface area contributed by atoms with Gasteiger partial charge in [-0.2, -0.15) is 5.26 Å². The number of rotatable bonds is 3. The van der Waals surface area contributed by atoms with Crippen LogP contribution < -0.4 is 10.6 Å². The Morgan fingerprint density at radius 2 is 1.95 bits per heavy atom. The summed E-state index contributed by atoms with van der Waals surface area (Å²) in [5.74, 6) is -0.403. The highest BCUT2D eigenvalue weighted by molar-refractivity contribution is 5.78. The Balaban J connectivity index is 1.99. The number of carbonyl (C=O) groups is 1. The molecule has 2 N–H and O–H groups in total. The number of nitrogens with two attached hydrogens (primary N) is 1. The van der Waals surface area contributed by atoms with Crippen molar-refractivity contribution in [2.45, 2.75) is 12.8 Å². The molecule has 2 aromatic rings. The van der Waals surface area contributed by atoms with Crippen LogP contribution in [0.3, 0.4) is 0 Å². The summed E-state index contributed by atoms with van der Waals surface area (Å²) in [5.41, 5.74) is 7.81. The maximum atomic E-state index is 11.5. The highest BCUT2D eigenvalue weighted by Gasteiger charge is 2.26. The molecule has 1 unspecified atom stereocenters. The van der Waals surface area contributed by atoms with E-state index in [0.717, 1.165) is 30.8 Å². The molecule has 0 spiro atoms. The van der Waals surface area contributed by atoms with E-state index in [9.17, 15) is 10.1 Å². The predicted molar refractivity (Wildman–Crippen MR) is 84.6 cm³/mol. The maximum Gasteiger partial charge on any atom is 0.222 e. The fourth-order valence-corrected chi connectivity index (χ4v) is 3.04. The lowest BCUT2D eigenvalue weighted by Crippen LogP contribution is -2.41. The highest BCUT2D eigenvalue weighted by Crippen LogP contribution is 2.29. The third-order valence-electron chi connectivity index (χ3n) is 4.18. The number of piperidine rings is 1. The number of benzene rings is 1. The van der Waals surface area contributed by atoms with Gasteiger partial charge >= 0.3 is 0 Å². The van der Waals surface area contributed by atoms with Gasteiger partial charge in [0.2, 0.25) is 5.91 Å². The van der Waals surface area contributed by atoms with Crippen molar-refractivity contribution in [1.29, 1.82) is 5.26 Å². The molecule has 0 radical (unpaired) electrons. The molecule has 1 aromatic heterocycles. The van der Waals surface area contributed by atoms with Gasteiger partial charge in [-0.25, -0.2) is 0 Å². The van der Waals surface area contributed by atoms with Crippen LogP contribution in [0.2, 0.25) is 0 Å². The lowest BCUT2D eigenvalue weighted by molar-refractivity contribution is -0.122. The number of nitrogens with zero attached hydrogens (tertiary/aromatic N) is 3. The summed E-state index contributed by atoms with van der Waals surface area (Å²) in [6.07, 6.45) is 5.57. The quantitative estimate of drug-likeness (QED) is 0.941. The first-order valence-corrected chi connectivity index (χ1v) is 7.41. The number of hydrogen-bond acceptors (Lipinski definition) is 3. The molecule has 3 rings (SSSR count). The molecule has 2 heterocycles. The number of primary amides is 1. The SMILES string of the molecule is N#Cc1c(N2CCCC(C(N)=O)C2)cccc1-n1cccc1. The summed E-state index contributed by atoms with van der Waals surface area (Å²) in [6, 6.07) is 12.0. The van der Waals surface area contributed by atoms with Crippen molar-refractivity contribution in [3.8, 4) is 11.8 Å². The number of anilines is 1. The predicted octanol–water partition coefficient (Wildman–Crippen LogP) is 2.05. The molecule has 0 aliphatic carbocycles. The van der Waals surface area contributed by atoms with Crippen LogP contribution >= 0.6 is 0 Å². The summed E-state index contributed by atoms with van der Waals surface area (Å²) in [4.78, 5) is 13.6. The van der Waals surface area contributed by atoms with Gasteiger partial charge in [0.25, 0.3) is 0 Å². The Labute approximate surface area is 129 Å². The fourth-order valence-electron chi connectivity index (χ4n) is 3.04. The molecular weight excluding hydrogens is 276 g/mol. The molecule has 0 bridgehead atoms. The van der Waals surface area contributed by atoms with Crippen LogP contribution in [-0.2, 0) is 4.79 Å². The van der Waals surface area contributed by atoms with Crippen molar-refractivity contribution >= 4 is 11.6 Å². The van der Waals surface area contributed by atoms with Gasteiger partial charge in [-0.05, 0) is 37.1 Å². The van der Waals surface area contributed by atoms with Crippen LogP contribution in [0.4, 0.5) is 5.69 Å². The van der Waals surface area contributed by atoms with Crippen molar-refractivity contribution in [3.63, 3.8) is 0 Å². The van der Waals surface area contributed by atoms with E-state index in [2.05, 4.69) is 11.0 Å². The topological polar surface area (TPSA) is 75.1 Å². The zero-order valence-corrected chi connectivity index (χ0v) is 12.3. The molecule has 1 fully saturated rings. The Hall–Kier alpha value is -2.74. The molecule has 1 aromatic carbocycles. The van der Waals surface area contributed by atoms with E-state index in [1.165, 1.54) is 0 Å². The van der Waals surface area contributed by atoms with Gasteiger partial charge in [-0.1, -0.05) is 6.07 Å². The van der Waals surface area contributed by atoms with Gasteiger partial charge in [0.1, 0.15) is 6.07 Å². The zero-order chi connectivity index (χ0) is 15.5. The lowest BCUT2D eigenvalue weighted by atomic mass is 9.96. The number of carbonyl (C=O) groups excluding carboxylic acids is 1. The number of hydrogen-bond donors (Lipinski definition) is 1. The van der Waals surface area contributed by atoms with Crippen molar-refractivity contribution < 1.29 is 4.79 Å². The molecule has 1 saturated heterocycles. The monoisotopic (exact) mass is 294 g/mol. The Kier molecular flexibility index (Phi) is 3.84. The van der Waals surface area contributed by atoms with Crippen molar-refractivity contribution in [2.75, 3.05) is 18.0 Å². The van der Waals surface area contributed by atoms with Crippen LogP contribution in [0.15, 0.2) is 42.7 Å². The van der Waals surface area contributed by atoms with Crippen molar-refractivity contribution in [2.24, 2.45) is 11.7 Å². The van der Waals surface area contributed by atoms with Crippen molar-refractivity contribution in [1.82, 2.24) is 4.57 Å². The van der Waals surface area contributed by atoms with Crippen LogP contribution in [0, 0.1) is 17.2 Å². The van der Waals surface area contributed by atoms with E-state index >= 15 is 0 Å². The molecule has 1 aliphatic rings. The molecule has 0 saturated carbocycles. The first kappa shape index (κ1) is 14.2. The molecular formula is C17H18N4O. The average molecular weight is 294 g/mol. The summed E-state index contributed by atoms with van der Waals surface area (Å²) >= 11 is 0. The highest BCUT2D eigenvalue weighted by atomic mass is 16.1. The van der Waals surface area contributed by atoms with Gasteiger partial charge in [0, 0.05) is 25.5 Å². The summed E-state index contributed by atoms with van der Waals surface area (Å²) < 4.78 is 1.93. The third-order valence-corrected chi connectivity index (χ3v) is 4.18. The number of aromatic nitrogens is 1. The Bertz CT molecular complexity index is 715. The van der Waals surface area contributed by atoms with Gasteiger partial charge in [0.15, 0.2) is 0 Å². The summed E-state index contributed by atoms with van der Waals surface area (Å²) in [7, 11) is 0. The standard InChI is InChI=1S/C17H18N4O/c18-11-14-15(20-8-1-2-9-20)6-3-7-16(14)21-10-4-5-13(12-21)17(19)22/h1-3,6-9,13H,4-5,10,12H2,(H2,19,22). The first-order valence-electron chi connectivity index (χ1n) is 7.41. The van der Waals surface area contributed by atoms with E-state index in [0.29, 0.717) is 12.1 Å². The number of amides is 1. The van der Waals surface area contributed by atoms with Gasteiger partial charge in [-0.15, -0.1) is 0 Å². The van der Waals surface area contributed by atoms with E-state index in [1.54, 1.807) is 0 Å². The second-order valence-electron chi connectivity index (χ2n) is 5.56. The Morgan fingerprint density at radius 3 is 2.64 bits per heavy atom. The van der Waals surface area contributed by atoms with Gasteiger partial charge in [-0.3, -0.25) is 4.79 Å². The fraction of sp³-hybridized carbons (Fsp3) is 0.294. The third kappa shape index (κ3) is 2.56. The lowest BCUT2D eigenvalue weighted by Gasteiger charge is -2.33. The average Bonchev–Trinajstić information content (AvgIpc) is 3.08. The molecule has 1 atom stereocenters. The molecule has 5 nitrogen and oxygen atoms in total. The smallest absolute Gasteiger partial charge is 0.222 e. The molecule has 1 aliphatic heterocycles. The van der Waals surface area contributed by atoms with Crippen LogP contribution in [0.25, 0.3) is 5.69 Å². The second-order valence-corrected chi connectivity index (χ2v) is 5.56. The van der Waals surface area contributed by atoms with Gasteiger partial charge < -0.3 is 15.2 Å². The molecule has 1 amide bonds. The van der Waals surface area contributed by atoms with E-state index < -0.39 is 0 Å². The zero-order valence-electron chi connectivity index (χ0n) is 12.3. The largest absolute Gasteiger partial charge is 0.370 e. The molecule has 5 heteroatoms. The minimum absolute atomic E-state index is 0.143. The van der Waals surface area contributed by atoms with Crippen molar-refractivity contribution in [3.05, 3.63) is 48.3 Å². The van der Waals surface area contributed by atoms with E-state index in [-0.39, 0.29) is 11.8 Å². The minimum Gasteiger partial charge on any atom is -0.370 e. The normalized spacial score (nSPS) is 18.0. The molecule has 22 heavy (non-hydrogen) atoms. The minimum atomic E-state index is -0.259. The van der Waals surface area contributed by atoms with Crippen LogP contribution in [0.5, 0.6) is 0 Å².